The summed E-state index contributed by atoms with van der Waals surface area (Å²) in [6, 6.07) is 0. The summed E-state index contributed by atoms with van der Waals surface area (Å²) < 4.78 is 5.26. The molecule has 0 saturated carbocycles. The van der Waals surface area contributed by atoms with Gasteiger partial charge in [0.15, 0.2) is 0 Å². The summed E-state index contributed by atoms with van der Waals surface area (Å²) in [5.41, 5.74) is 2.57. The van der Waals surface area contributed by atoms with Crippen molar-refractivity contribution < 1.29 is 4.74 Å². The van der Waals surface area contributed by atoms with E-state index >= 15 is 0 Å². The van der Waals surface area contributed by atoms with Crippen molar-refractivity contribution in [3.8, 4) is 0 Å². The number of ether oxygens (including phenoxy) is 1. The Kier molecular flexibility index (Phi) is 4.66. The van der Waals surface area contributed by atoms with Gasteiger partial charge in [-0.3, -0.25) is 0 Å². The number of aromatic nitrogens is 2. The van der Waals surface area contributed by atoms with Crippen molar-refractivity contribution >= 4 is 0 Å². The molecule has 0 aliphatic heterocycles. The summed E-state index contributed by atoms with van der Waals surface area (Å²) in [5.74, 6) is 1.64. The molecule has 1 aromatic heterocycles. The smallest absolute Gasteiger partial charge is 0.131 e. The minimum Gasteiger partial charge on any atom is -0.381 e. The minimum atomic E-state index is 0.184. The summed E-state index contributed by atoms with van der Waals surface area (Å²) in [5, 5.41) is 3.26. The third-order valence-electron chi connectivity index (χ3n) is 3.67. The van der Waals surface area contributed by atoms with Gasteiger partial charge in [0.1, 0.15) is 5.82 Å². The van der Waals surface area contributed by atoms with Gasteiger partial charge >= 0.3 is 0 Å². The molecule has 1 aromatic rings. The molecule has 2 unspecified atom stereocenters. The van der Waals surface area contributed by atoms with Crippen molar-refractivity contribution in [1.29, 1.82) is 0 Å². The van der Waals surface area contributed by atoms with Gasteiger partial charge in [-0.15, -0.1) is 0 Å². The SMILES string of the molecule is CNCC1CCc2nc(CC(C)OC)ncc2C1. The van der Waals surface area contributed by atoms with Gasteiger partial charge in [0.2, 0.25) is 0 Å². The fraction of sp³-hybridized carbons (Fsp3) is 0.714. The van der Waals surface area contributed by atoms with E-state index < -0.39 is 0 Å². The third-order valence-corrected chi connectivity index (χ3v) is 3.67. The zero-order chi connectivity index (χ0) is 13.0. The molecule has 4 nitrogen and oxygen atoms in total. The zero-order valence-electron chi connectivity index (χ0n) is 11.6. The van der Waals surface area contributed by atoms with Crippen LogP contribution in [0.2, 0.25) is 0 Å². The van der Waals surface area contributed by atoms with Gasteiger partial charge in [-0.1, -0.05) is 0 Å². The summed E-state index contributed by atoms with van der Waals surface area (Å²) in [6.45, 7) is 3.13. The molecule has 0 spiro atoms. The predicted octanol–water partition coefficient (Wildman–Crippen LogP) is 1.38. The highest BCUT2D eigenvalue weighted by Crippen LogP contribution is 2.23. The number of hydrogen-bond donors (Lipinski definition) is 1. The highest BCUT2D eigenvalue weighted by molar-refractivity contribution is 5.21. The first kappa shape index (κ1) is 13.4. The van der Waals surface area contributed by atoms with E-state index in [9.17, 15) is 0 Å². The first-order chi connectivity index (χ1) is 8.72. The van der Waals surface area contributed by atoms with E-state index in [2.05, 4.69) is 15.3 Å². The molecule has 0 radical (unpaired) electrons. The van der Waals surface area contributed by atoms with Crippen LogP contribution in [0.15, 0.2) is 6.20 Å². The fourth-order valence-corrected chi connectivity index (χ4v) is 2.53. The second-order valence-corrected chi connectivity index (χ2v) is 5.18. The van der Waals surface area contributed by atoms with E-state index in [4.69, 9.17) is 4.74 Å². The molecule has 0 bridgehead atoms. The lowest BCUT2D eigenvalue weighted by Gasteiger charge is -2.23. The maximum absolute atomic E-state index is 5.26. The zero-order valence-corrected chi connectivity index (χ0v) is 11.6. The monoisotopic (exact) mass is 249 g/mol. The molecule has 100 valence electrons. The van der Waals surface area contributed by atoms with Gasteiger partial charge in [-0.25, -0.2) is 9.97 Å². The molecule has 1 heterocycles. The second kappa shape index (κ2) is 6.25. The topological polar surface area (TPSA) is 47.0 Å². The van der Waals surface area contributed by atoms with Crippen LogP contribution in [0.5, 0.6) is 0 Å². The average molecular weight is 249 g/mol. The van der Waals surface area contributed by atoms with Crippen LogP contribution in [0, 0.1) is 5.92 Å². The Bertz CT molecular complexity index is 395. The van der Waals surface area contributed by atoms with Crippen LogP contribution < -0.4 is 5.32 Å². The van der Waals surface area contributed by atoms with Gasteiger partial charge in [0, 0.05) is 25.4 Å². The Morgan fingerprint density at radius 2 is 2.39 bits per heavy atom. The van der Waals surface area contributed by atoms with Crippen LogP contribution in [0.4, 0.5) is 0 Å². The summed E-state index contributed by atoms with van der Waals surface area (Å²) in [6.07, 6.45) is 6.41. The van der Waals surface area contributed by atoms with E-state index in [1.54, 1.807) is 7.11 Å². The number of aryl methyl sites for hydroxylation is 1. The maximum atomic E-state index is 5.26. The molecule has 2 atom stereocenters. The van der Waals surface area contributed by atoms with Gasteiger partial charge in [0.25, 0.3) is 0 Å². The summed E-state index contributed by atoms with van der Waals surface area (Å²) in [4.78, 5) is 9.15. The molecule has 1 N–H and O–H groups in total. The Morgan fingerprint density at radius 1 is 1.56 bits per heavy atom. The largest absolute Gasteiger partial charge is 0.381 e. The molecule has 0 amide bonds. The Labute approximate surface area is 109 Å². The molecule has 0 saturated heterocycles. The Balaban J connectivity index is 2.05. The number of fused-ring (bicyclic) bond motifs is 1. The van der Waals surface area contributed by atoms with Crippen LogP contribution in [0.1, 0.15) is 30.4 Å². The lowest BCUT2D eigenvalue weighted by Crippen LogP contribution is -2.26. The molecular formula is C14H23N3O. The first-order valence-electron chi connectivity index (χ1n) is 6.74. The lowest BCUT2D eigenvalue weighted by atomic mass is 9.87. The van der Waals surface area contributed by atoms with Crippen molar-refractivity contribution in [1.82, 2.24) is 15.3 Å². The number of rotatable bonds is 5. The third kappa shape index (κ3) is 3.27. The van der Waals surface area contributed by atoms with Crippen LogP contribution in [-0.2, 0) is 24.0 Å². The standard InChI is InChI=1S/C14H23N3O/c1-10(18-3)6-14-16-9-12-7-11(8-15-2)4-5-13(12)17-14/h9-11,15H,4-8H2,1-3H3. The van der Waals surface area contributed by atoms with E-state index in [0.717, 1.165) is 37.5 Å². The van der Waals surface area contributed by atoms with Gasteiger partial charge in [-0.05, 0) is 51.3 Å². The van der Waals surface area contributed by atoms with Crippen molar-refractivity contribution in [2.75, 3.05) is 20.7 Å². The van der Waals surface area contributed by atoms with E-state index in [1.807, 2.05) is 20.2 Å². The number of nitrogens with one attached hydrogen (secondary N) is 1. The van der Waals surface area contributed by atoms with Crippen molar-refractivity contribution in [3.05, 3.63) is 23.3 Å². The van der Waals surface area contributed by atoms with Crippen LogP contribution in [-0.4, -0.2) is 36.8 Å². The van der Waals surface area contributed by atoms with Crippen LogP contribution in [0.3, 0.4) is 0 Å². The summed E-state index contributed by atoms with van der Waals surface area (Å²) in [7, 11) is 3.74. The molecule has 1 aliphatic rings. The van der Waals surface area contributed by atoms with E-state index in [0.29, 0.717) is 0 Å². The minimum absolute atomic E-state index is 0.184. The number of nitrogens with zero attached hydrogens (tertiary/aromatic N) is 2. The fourth-order valence-electron chi connectivity index (χ4n) is 2.53. The van der Waals surface area contributed by atoms with Crippen molar-refractivity contribution in [3.63, 3.8) is 0 Å². The van der Waals surface area contributed by atoms with E-state index in [-0.39, 0.29) is 6.10 Å². The Hall–Kier alpha value is -1.00. The van der Waals surface area contributed by atoms with Gasteiger partial charge in [-0.2, -0.15) is 0 Å². The molecular weight excluding hydrogens is 226 g/mol. The molecule has 1 aliphatic carbocycles. The van der Waals surface area contributed by atoms with Crippen molar-refractivity contribution in [2.24, 2.45) is 5.92 Å². The van der Waals surface area contributed by atoms with E-state index in [1.165, 1.54) is 17.7 Å². The molecule has 18 heavy (non-hydrogen) atoms. The molecule has 2 rings (SSSR count). The van der Waals surface area contributed by atoms with Crippen LogP contribution >= 0.6 is 0 Å². The second-order valence-electron chi connectivity index (χ2n) is 5.18. The van der Waals surface area contributed by atoms with Crippen molar-refractivity contribution in [2.45, 2.75) is 38.7 Å². The number of hydrogen-bond acceptors (Lipinski definition) is 4. The quantitative estimate of drug-likeness (QED) is 0.856. The highest BCUT2D eigenvalue weighted by atomic mass is 16.5. The normalized spacial score (nSPS) is 20.5. The summed E-state index contributed by atoms with van der Waals surface area (Å²) >= 11 is 0. The molecule has 4 heteroatoms. The molecule has 0 aromatic carbocycles. The molecule has 0 fully saturated rings. The van der Waals surface area contributed by atoms with Crippen LogP contribution in [0.25, 0.3) is 0 Å². The number of methoxy groups -OCH3 is 1. The average Bonchev–Trinajstić information content (AvgIpc) is 2.39. The lowest BCUT2D eigenvalue weighted by molar-refractivity contribution is 0.117. The predicted molar refractivity (Wildman–Crippen MR) is 71.6 cm³/mol. The Morgan fingerprint density at radius 3 is 3.11 bits per heavy atom. The highest BCUT2D eigenvalue weighted by Gasteiger charge is 2.20. The first-order valence-corrected chi connectivity index (χ1v) is 6.74. The maximum Gasteiger partial charge on any atom is 0.131 e. The van der Waals surface area contributed by atoms with Gasteiger partial charge in [0.05, 0.1) is 6.10 Å². The van der Waals surface area contributed by atoms with Gasteiger partial charge < -0.3 is 10.1 Å².